The first-order valence-electron chi connectivity index (χ1n) is 5.51. The molecule has 0 aliphatic rings. The number of methoxy groups -OCH3 is 2. The van der Waals surface area contributed by atoms with E-state index in [2.05, 4.69) is 6.58 Å². The van der Waals surface area contributed by atoms with Crippen LogP contribution in [0.5, 0.6) is 0 Å². The normalized spacial score (nSPS) is 13.9. The Kier molecular flexibility index (Phi) is 6.87. The third kappa shape index (κ3) is 4.39. The zero-order chi connectivity index (χ0) is 13.4. The molecule has 0 unspecified atom stereocenters. The lowest BCUT2D eigenvalue weighted by molar-refractivity contribution is 0.221. The van der Waals surface area contributed by atoms with Gasteiger partial charge in [-0.3, -0.25) is 0 Å². The van der Waals surface area contributed by atoms with Crippen molar-refractivity contribution in [3.8, 4) is 0 Å². The Labute approximate surface area is 104 Å². The van der Waals surface area contributed by atoms with Crippen LogP contribution in [0.2, 0.25) is 0 Å². The Bertz CT molecular complexity index is 346. The second-order valence-corrected chi connectivity index (χ2v) is 3.82. The number of aliphatic hydroxyl groups is 1. The Morgan fingerprint density at radius 2 is 1.82 bits per heavy atom. The first-order valence-corrected chi connectivity index (χ1v) is 5.51. The van der Waals surface area contributed by atoms with Crippen LogP contribution in [0.3, 0.4) is 0 Å². The van der Waals surface area contributed by atoms with Gasteiger partial charge in [-0.1, -0.05) is 26.5 Å². The van der Waals surface area contributed by atoms with Gasteiger partial charge in [-0.15, -0.1) is 0 Å². The minimum atomic E-state index is 0.219. The second-order valence-electron chi connectivity index (χ2n) is 3.82. The van der Waals surface area contributed by atoms with Gasteiger partial charge < -0.3 is 14.6 Å². The van der Waals surface area contributed by atoms with Crippen molar-refractivity contribution in [1.29, 1.82) is 0 Å². The lowest BCUT2D eigenvalue weighted by Crippen LogP contribution is -2.00. The van der Waals surface area contributed by atoms with E-state index < -0.39 is 0 Å². The van der Waals surface area contributed by atoms with E-state index in [-0.39, 0.29) is 5.92 Å². The van der Waals surface area contributed by atoms with Crippen molar-refractivity contribution in [2.24, 2.45) is 5.92 Å². The molecular weight excluding hydrogens is 216 g/mol. The monoisotopic (exact) mass is 238 g/mol. The molecule has 0 bridgehead atoms. The summed E-state index contributed by atoms with van der Waals surface area (Å²) in [5.41, 5.74) is 1.73. The molecule has 0 atom stereocenters. The first kappa shape index (κ1) is 15.4. The minimum absolute atomic E-state index is 0.219. The van der Waals surface area contributed by atoms with Gasteiger partial charge >= 0.3 is 0 Å². The zero-order valence-corrected chi connectivity index (χ0v) is 11.3. The van der Waals surface area contributed by atoms with Crippen LogP contribution in [-0.4, -0.2) is 19.3 Å². The van der Waals surface area contributed by atoms with Crippen molar-refractivity contribution < 1.29 is 14.6 Å². The molecule has 0 aromatic carbocycles. The maximum atomic E-state index is 9.25. The van der Waals surface area contributed by atoms with Gasteiger partial charge in [0.1, 0.15) is 0 Å². The smallest absolute Gasteiger partial charge is 0.160 e. The fraction of sp³-hybridized carbons (Fsp3) is 0.429. The summed E-state index contributed by atoms with van der Waals surface area (Å²) in [5.74, 6) is 1.21. The highest BCUT2D eigenvalue weighted by molar-refractivity contribution is 5.42. The summed E-state index contributed by atoms with van der Waals surface area (Å²) in [6.07, 6.45) is 4.83. The van der Waals surface area contributed by atoms with Crippen molar-refractivity contribution in [2.45, 2.75) is 20.8 Å². The van der Waals surface area contributed by atoms with Crippen molar-refractivity contribution in [1.82, 2.24) is 0 Å². The van der Waals surface area contributed by atoms with E-state index in [1.54, 1.807) is 13.2 Å². The first-order chi connectivity index (χ1) is 8.01. The standard InChI is InChI=1S/C14H22O3/c1-7-12(13(9-15)10(2)3)8-14(17-6)11(4)16-5/h7-10,15H,4H2,1-3,5-6H3/b12-7+,13-9+,14-8+. The van der Waals surface area contributed by atoms with Gasteiger partial charge in [-0.05, 0) is 30.1 Å². The molecule has 96 valence electrons. The second kappa shape index (κ2) is 7.60. The van der Waals surface area contributed by atoms with Crippen molar-refractivity contribution in [3.63, 3.8) is 0 Å². The molecule has 3 nitrogen and oxygen atoms in total. The summed E-state index contributed by atoms with van der Waals surface area (Å²) in [4.78, 5) is 0. The summed E-state index contributed by atoms with van der Waals surface area (Å²) in [5, 5.41) is 9.25. The van der Waals surface area contributed by atoms with Crippen LogP contribution in [0, 0.1) is 5.92 Å². The number of aliphatic hydroxyl groups excluding tert-OH is 1. The van der Waals surface area contributed by atoms with Crippen molar-refractivity contribution >= 4 is 0 Å². The highest BCUT2D eigenvalue weighted by Gasteiger charge is 2.10. The highest BCUT2D eigenvalue weighted by Crippen LogP contribution is 2.23. The molecule has 0 spiro atoms. The maximum Gasteiger partial charge on any atom is 0.160 e. The summed E-state index contributed by atoms with van der Waals surface area (Å²) in [6.45, 7) is 9.66. The summed E-state index contributed by atoms with van der Waals surface area (Å²) in [7, 11) is 3.09. The molecular formula is C14H22O3. The lowest BCUT2D eigenvalue weighted by Gasteiger charge is -2.13. The number of hydrogen-bond donors (Lipinski definition) is 1. The zero-order valence-electron chi connectivity index (χ0n) is 11.3. The summed E-state index contributed by atoms with van der Waals surface area (Å²) >= 11 is 0. The molecule has 0 aliphatic carbocycles. The number of ether oxygens (including phenoxy) is 2. The molecule has 0 aliphatic heterocycles. The fourth-order valence-electron chi connectivity index (χ4n) is 1.39. The molecule has 0 heterocycles. The Balaban J connectivity index is 5.30. The van der Waals surface area contributed by atoms with Gasteiger partial charge in [0.05, 0.1) is 20.5 Å². The molecule has 0 aromatic heterocycles. The molecule has 17 heavy (non-hydrogen) atoms. The number of rotatable bonds is 6. The molecule has 0 aromatic rings. The van der Waals surface area contributed by atoms with Gasteiger partial charge in [-0.25, -0.2) is 0 Å². The third-order valence-electron chi connectivity index (χ3n) is 2.43. The largest absolute Gasteiger partial charge is 0.515 e. The quantitative estimate of drug-likeness (QED) is 0.566. The van der Waals surface area contributed by atoms with Crippen molar-refractivity contribution in [3.05, 3.63) is 47.7 Å². The number of allylic oxidation sites excluding steroid dienone is 4. The van der Waals surface area contributed by atoms with Crippen LogP contribution in [0.4, 0.5) is 0 Å². The molecule has 0 amide bonds. The van der Waals surface area contributed by atoms with Gasteiger partial charge in [0, 0.05) is 0 Å². The topological polar surface area (TPSA) is 38.7 Å². The molecule has 1 N–H and O–H groups in total. The van der Waals surface area contributed by atoms with Crippen LogP contribution < -0.4 is 0 Å². The average molecular weight is 238 g/mol. The summed E-state index contributed by atoms with van der Waals surface area (Å²) in [6, 6.07) is 0. The molecule has 0 fully saturated rings. The molecule has 3 heteroatoms. The predicted octanol–water partition coefficient (Wildman–Crippen LogP) is 3.72. The number of hydrogen-bond acceptors (Lipinski definition) is 3. The van der Waals surface area contributed by atoms with Crippen LogP contribution in [-0.2, 0) is 9.47 Å². The predicted molar refractivity (Wildman–Crippen MR) is 70.5 cm³/mol. The maximum absolute atomic E-state index is 9.25. The van der Waals surface area contributed by atoms with Crippen LogP contribution in [0.1, 0.15) is 20.8 Å². The molecule has 0 radical (unpaired) electrons. The average Bonchev–Trinajstić information content (AvgIpc) is 2.32. The van der Waals surface area contributed by atoms with Crippen LogP contribution in [0.25, 0.3) is 0 Å². The summed E-state index contributed by atoms with van der Waals surface area (Å²) < 4.78 is 10.2. The van der Waals surface area contributed by atoms with Gasteiger partial charge in [0.2, 0.25) is 0 Å². The fourth-order valence-corrected chi connectivity index (χ4v) is 1.39. The Morgan fingerprint density at radius 3 is 2.12 bits per heavy atom. The lowest BCUT2D eigenvalue weighted by atomic mass is 9.95. The van der Waals surface area contributed by atoms with E-state index in [0.717, 1.165) is 17.4 Å². The van der Waals surface area contributed by atoms with E-state index in [1.807, 2.05) is 26.8 Å². The SMILES string of the molecule is C=C(OC)\C(=C/C(=C\C)C(=C/O)/C(C)C)OC. The third-order valence-corrected chi connectivity index (χ3v) is 2.43. The molecule has 0 rings (SSSR count). The van der Waals surface area contributed by atoms with Crippen molar-refractivity contribution in [2.75, 3.05) is 14.2 Å². The van der Waals surface area contributed by atoms with Gasteiger partial charge in [-0.2, -0.15) is 0 Å². The highest BCUT2D eigenvalue weighted by atomic mass is 16.5. The van der Waals surface area contributed by atoms with Gasteiger partial charge in [0.25, 0.3) is 0 Å². The van der Waals surface area contributed by atoms with E-state index >= 15 is 0 Å². The molecule has 0 saturated carbocycles. The minimum Gasteiger partial charge on any atom is -0.515 e. The van der Waals surface area contributed by atoms with E-state index in [4.69, 9.17) is 9.47 Å². The van der Waals surface area contributed by atoms with E-state index in [9.17, 15) is 5.11 Å². The van der Waals surface area contributed by atoms with Crippen LogP contribution >= 0.6 is 0 Å². The van der Waals surface area contributed by atoms with Crippen LogP contribution in [0.15, 0.2) is 47.7 Å². The molecule has 0 saturated heterocycles. The van der Waals surface area contributed by atoms with Gasteiger partial charge in [0.15, 0.2) is 11.5 Å². The Hall–Kier alpha value is -1.64. The van der Waals surface area contributed by atoms with E-state index in [1.165, 1.54) is 7.11 Å². The Morgan fingerprint density at radius 1 is 1.24 bits per heavy atom. The van der Waals surface area contributed by atoms with E-state index in [0.29, 0.717) is 11.5 Å².